The van der Waals surface area contributed by atoms with Crippen molar-refractivity contribution in [3.8, 4) is 0 Å². The molecule has 0 atom stereocenters. The SMILES string of the molecule is CCOC(=O)c1cc(S(=O)(=O)N(C)CC(=O)N2CCN(c3ccccc3F)CC2)cn1C. The molecular formula is C21H27FN4O5S. The minimum absolute atomic E-state index is 0.0947. The molecule has 1 aromatic carbocycles. The molecule has 0 aliphatic carbocycles. The van der Waals surface area contributed by atoms with Crippen LogP contribution in [0.2, 0.25) is 0 Å². The number of benzene rings is 1. The first-order valence-electron chi connectivity index (χ1n) is 10.2. The topological polar surface area (TPSA) is 92.2 Å². The Morgan fingerprint density at radius 3 is 2.44 bits per heavy atom. The quantitative estimate of drug-likeness (QED) is 0.572. The second-order valence-electron chi connectivity index (χ2n) is 7.47. The van der Waals surface area contributed by atoms with Gasteiger partial charge in [0.05, 0.1) is 18.8 Å². The number of hydrogen-bond donors (Lipinski definition) is 0. The van der Waals surface area contributed by atoms with Crippen LogP contribution in [0.3, 0.4) is 0 Å². The summed E-state index contributed by atoms with van der Waals surface area (Å²) in [5, 5.41) is 0. The number of aryl methyl sites for hydroxylation is 1. The van der Waals surface area contributed by atoms with Gasteiger partial charge in [0, 0.05) is 46.5 Å². The number of hydrogen-bond acceptors (Lipinski definition) is 6. The van der Waals surface area contributed by atoms with Gasteiger partial charge in [0.15, 0.2) is 0 Å². The van der Waals surface area contributed by atoms with Crippen LogP contribution >= 0.6 is 0 Å². The van der Waals surface area contributed by atoms with Gasteiger partial charge in [-0.15, -0.1) is 0 Å². The Morgan fingerprint density at radius 1 is 1.16 bits per heavy atom. The van der Waals surface area contributed by atoms with E-state index in [1.54, 1.807) is 37.1 Å². The van der Waals surface area contributed by atoms with Gasteiger partial charge in [-0.1, -0.05) is 12.1 Å². The van der Waals surface area contributed by atoms with Crippen LogP contribution in [0.4, 0.5) is 10.1 Å². The Morgan fingerprint density at radius 2 is 1.81 bits per heavy atom. The third-order valence-corrected chi connectivity index (χ3v) is 7.12. The van der Waals surface area contributed by atoms with Gasteiger partial charge in [0.2, 0.25) is 15.9 Å². The first kappa shape index (κ1) is 23.7. The lowest BCUT2D eigenvalue weighted by Gasteiger charge is -2.36. The summed E-state index contributed by atoms with van der Waals surface area (Å²) in [6, 6.07) is 7.70. The Hall–Kier alpha value is -2.92. The van der Waals surface area contributed by atoms with E-state index in [4.69, 9.17) is 4.74 Å². The van der Waals surface area contributed by atoms with Crippen LogP contribution in [0.1, 0.15) is 17.4 Å². The van der Waals surface area contributed by atoms with E-state index in [-0.39, 0.29) is 35.5 Å². The van der Waals surface area contributed by atoms with Gasteiger partial charge in [0.25, 0.3) is 0 Å². The molecule has 0 unspecified atom stereocenters. The van der Waals surface area contributed by atoms with Crippen molar-refractivity contribution < 1.29 is 27.1 Å². The van der Waals surface area contributed by atoms with Crippen LogP contribution in [-0.4, -0.2) is 80.4 Å². The second-order valence-corrected chi connectivity index (χ2v) is 9.52. The number of rotatable bonds is 7. The van der Waals surface area contributed by atoms with Gasteiger partial charge >= 0.3 is 5.97 Å². The zero-order valence-corrected chi connectivity index (χ0v) is 19.1. The number of carbonyl (C=O) groups excluding carboxylic acids is 2. The van der Waals surface area contributed by atoms with E-state index in [0.717, 1.165) is 4.31 Å². The van der Waals surface area contributed by atoms with E-state index < -0.39 is 16.0 Å². The molecule has 32 heavy (non-hydrogen) atoms. The number of piperazine rings is 1. The van der Waals surface area contributed by atoms with Crippen LogP contribution in [0.15, 0.2) is 41.4 Å². The Kier molecular flexibility index (Phi) is 7.19. The average molecular weight is 467 g/mol. The molecule has 1 saturated heterocycles. The van der Waals surface area contributed by atoms with Crippen molar-refractivity contribution in [1.29, 1.82) is 0 Å². The van der Waals surface area contributed by atoms with E-state index in [9.17, 15) is 22.4 Å². The molecule has 0 saturated carbocycles. The number of para-hydroxylation sites is 1. The molecule has 174 valence electrons. The van der Waals surface area contributed by atoms with E-state index >= 15 is 0 Å². The maximum Gasteiger partial charge on any atom is 0.354 e. The number of likely N-dealkylation sites (N-methyl/N-ethyl adjacent to an activating group) is 1. The Balaban J connectivity index is 1.62. The van der Waals surface area contributed by atoms with Crippen molar-refractivity contribution in [2.75, 3.05) is 51.3 Å². The lowest BCUT2D eigenvalue weighted by atomic mass is 10.2. The molecule has 3 rings (SSSR count). The monoisotopic (exact) mass is 466 g/mol. The van der Waals surface area contributed by atoms with Gasteiger partial charge in [-0.2, -0.15) is 4.31 Å². The van der Waals surface area contributed by atoms with Gasteiger partial charge in [0.1, 0.15) is 16.4 Å². The number of anilines is 1. The van der Waals surface area contributed by atoms with Crippen molar-refractivity contribution in [2.45, 2.75) is 11.8 Å². The highest BCUT2D eigenvalue weighted by molar-refractivity contribution is 7.89. The molecule has 1 amide bonds. The molecule has 2 heterocycles. The summed E-state index contributed by atoms with van der Waals surface area (Å²) in [6.45, 7) is 3.11. The van der Waals surface area contributed by atoms with Gasteiger partial charge in [-0.25, -0.2) is 17.6 Å². The van der Waals surface area contributed by atoms with Crippen molar-refractivity contribution in [1.82, 2.24) is 13.8 Å². The van der Waals surface area contributed by atoms with Crippen molar-refractivity contribution in [3.05, 3.63) is 48.0 Å². The van der Waals surface area contributed by atoms with E-state index in [2.05, 4.69) is 0 Å². The highest BCUT2D eigenvalue weighted by Gasteiger charge is 2.29. The van der Waals surface area contributed by atoms with Crippen LogP contribution in [-0.2, 0) is 26.6 Å². The second kappa shape index (κ2) is 9.70. The van der Waals surface area contributed by atoms with Crippen molar-refractivity contribution in [3.63, 3.8) is 0 Å². The van der Waals surface area contributed by atoms with Gasteiger partial charge in [-0.05, 0) is 25.1 Å². The lowest BCUT2D eigenvalue weighted by molar-refractivity contribution is -0.131. The molecule has 0 bridgehead atoms. The normalized spacial score (nSPS) is 14.7. The predicted molar refractivity (Wildman–Crippen MR) is 116 cm³/mol. The summed E-state index contributed by atoms with van der Waals surface area (Å²) in [5.41, 5.74) is 0.593. The van der Waals surface area contributed by atoms with Crippen LogP contribution in [0, 0.1) is 5.82 Å². The Bertz CT molecular complexity index is 1090. The molecule has 0 N–H and O–H groups in total. The summed E-state index contributed by atoms with van der Waals surface area (Å²) in [5.74, 6) is -1.28. The minimum Gasteiger partial charge on any atom is -0.461 e. The lowest BCUT2D eigenvalue weighted by Crippen LogP contribution is -2.51. The van der Waals surface area contributed by atoms with E-state index in [1.807, 2.05) is 4.90 Å². The summed E-state index contributed by atoms with van der Waals surface area (Å²) >= 11 is 0. The maximum atomic E-state index is 14.0. The zero-order valence-electron chi connectivity index (χ0n) is 18.3. The van der Waals surface area contributed by atoms with Crippen molar-refractivity contribution in [2.24, 2.45) is 7.05 Å². The average Bonchev–Trinajstić information content (AvgIpc) is 3.17. The number of amides is 1. The fraction of sp³-hybridized carbons (Fsp3) is 0.429. The first-order chi connectivity index (χ1) is 15.1. The maximum absolute atomic E-state index is 14.0. The third-order valence-electron chi connectivity index (χ3n) is 5.36. The molecule has 1 aliphatic heterocycles. The number of sulfonamides is 1. The number of esters is 1. The summed E-state index contributed by atoms with van der Waals surface area (Å²) < 4.78 is 47.1. The number of carbonyl (C=O) groups is 2. The highest BCUT2D eigenvalue weighted by atomic mass is 32.2. The molecule has 11 heteroatoms. The van der Waals surface area contributed by atoms with Gasteiger partial charge in [-0.3, -0.25) is 4.79 Å². The standard InChI is InChI=1S/C21H27FN4O5S/c1-4-31-21(28)19-13-16(14-23(19)2)32(29,30)24(3)15-20(27)26-11-9-25(10-12-26)18-8-6-5-7-17(18)22/h5-8,13-14H,4,9-12,15H2,1-3H3. The van der Waals surface area contributed by atoms with Crippen LogP contribution < -0.4 is 4.90 Å². The van der Waals surface area contributed by atoms with Crippen molar-refractivity contribution >= 4 is 27.6 Å². The van der Waals surface area contributed by atoms with E-state index in [0.29, 0.717) is 31.9 Å². The Labute approximate surface area is 187 Å². The summed E-state index contributed by atoms with van der Waals surface area (Å²) in [4.78, 5) is 28.0. The molecule has 9 nitrogen and oxygen atoms in total. The molecule has 0 spiro atoms. The number of halogens is 1. The fourth-order valence-electron chi connectivity index (χ4n) is 3.54. The highest BCUT2D eigenvalue weighted by Crippen LogP contribution is 2.21. The first-order valence-corrected chi connectivity index (χ1v) is 11.7. The predicted octanol–water partition coefficient (Wildman–Crippen LogP) is 1.31. The summed E-state index contributed by atoms with van der Waals surface area (Å²) in [6.07, 6.45) is 1.32. The number of aromatic nitrogens is 1. The minimum atomic E-state index is -3.98. The van der Waals surface area contributed by atoms with Crippen LogP contribution in [0.25, 0.3) is 0 Å². The molecule has 2 aromatic rings. The molecule has 0 radical (unpaired) electrons. The number of ether oxygens (including phenoxy) is 1. The van der Waals surface area contributed by atoms with Gasteiger partial charge < -0.3 is 19.1 Å². The largest absolute Gasteiger partial charge is 0.461 e. The molecular weight excluding hydrogens is 439 g/mol. The molecule has 1 aliphatic rings. The molecule has 1 fully saturated rings. The van der Waals surface area contributed by atoms with E-state index in [1.165, 1.54) is 29.9 Å². The summed E-state index contributed by atoms with van der Waals surface area (Å²) in [7, 11) is -1.12. The smallest absolute Gasteiger partial charge is 0.354 e. The van der Waals surface area contributed by atoms with Crippen LogP contribution in [0.5, 0.6) is 0 Å². The fourth-order valence-corrected chi connectivity index (χ4v) is 4.74. The molecule has 1 aromatic heterocycles. The zero-order chi connectivity index (χ0) is 23.5. The number of nitrogens with zero attached hydrogens (tertiary/aromatic N) is 4. The third kappa shape index (κ3) is 4.94.